The third-order valence-electron chi connectivity index (χ3n) is 2.09. The van der Waals surface area contributed by atoms with Gasteiger partial charge in [-0.05, 0) is 18.6 Å². The summed E-state index contributed by atoms with van der Waals surface area (Å²) in [6.07, 6.45) is -1.60. The molecular formula is C11H12ClF2NO2. The number of esters is 1. The van der Waals surface area contributed by atoms with Crippen LogP contribution in [0.4, 0.5) is 8.78 Å². The Morgan fingerprint density at radius 2 is 2.29 bits per heavy atom. The molecule has 1 rings (SSSR count). The van der Waals surface area contributed by atoms with Crippen molar-refractivity contribution in [2.75, 3.05) is 6.61 Å². The predicted octanol–water partition coefficient (Wildman–Crippen LogP) is 2.86. The minimum Gasteiger partial charge on any atom is -0.466 e. The molecule has 0 aliphatic rings. The summed E-state index contributed by atoms with van der Waals surface area (Å²) in [7, 11) is 0. The molecule has 0 aromatic carbocycles. The number of hydrogen-bond acceptors (Lipinski definition) is 3. The molecule has 17 heavy (non-hydrogen) atoms. The van der Waals surface area contributed by atoms with E-state index in [-0.39, 0.29) is 24.5 Å². The summed E-state index contributed by atoms with van der Waals surface area (Å²) in [5.74, 6) is -0.418. The number of alkyl halides is 3. The van der Waals surface area contributed by atoms with Crippen molar-refractivity contribution < 1.29 is 18.3 Å². The van der Waals surface area contributed by atoms with Crippen LogP contribution in [0.3, 0.4) is 0 Å². The standard InChI is InChI=1S/C11H12ClF2NO2/c1-2-17-10(16)4-9-7(5-12)3-8(6-15-9)11(13)14/h3,6,11H,2,4-5H2,1H3. The van der Waals surface area contributed by atoms with E-state index in [0.717, 1.165) is 6.20 Å². The molecule has 0 fully saturated rings. The van der Waals surface area contributed by atoms with E-state index in [9.17, 15) is 13.6 Å². The summed E-state index contributed by atoms with van der Waals surface area (Å²) < 4.78 is 29.6. The predicted molar refractivity (Wildman–Crippen MR) is 59.1 cm³/mol. The lowest BCUT2D eigenvalue weighted by atomic mass is 10.1. The summed E-state index contributed by atoms with van der Waals surface area (Å²) in [5.41, 5.74) is 0.605. The second kappa shape index (κ2) is 6.49. The van der Waals surface area contributed by atoms with E-state index >= 15 is 0 Å². The molecule has 0 aliphatic heterocycles. The van der Waals surface area contributed by atoms with Gasteiger partial charge in [-0.1, -0.05) is 0 Å². The zero-order valence-electron chi connectivity index (χ0n) is 9.25. The summed E-state index contributed by atoms with van der Waals surface area (Å²) in [6, 6.07) is 1.26. The van der Waals surface area contributed by atoms with Gasteiger partial charge in [0.25, 0.3) is 6.43 Å². The first-order valence-corrected chi connectivity index (χ1v) is 5.59. The molecule has 0 saturated heterocycles. The molecule has 0 amide bonds. The van der Waals surface area contributed by atoms with Crippen molar-refractivity contribution in [3.63, 3.8) is 0 Å². The normalized spacial score (nSPS) is 10.6. The van der Waals surface area contributed by atoms with Crippen molar-refractivity contribution in [3.05, 3.63) is 29.1 Å². The van der Waals surface area contributed by atoms with Crippen LogP contribution < -0.4 is 0 Å². The molecule has 0 atom stereocenters. The van der Waals surface area contributed by atoms with Gasteiger partial charge in [-0.3, -0.25) is 9.78 Å². The smallest absolute Gasteiger partial charge is 0.311 e. The van der Waals surface area contributed by atoms with Crippen molar-refractivity contribution >= 4 is 17.6 Å². The Hall–Kier alpha value is -1.23. The van der Waals surface area contributed by atoms with E-state index in [4.69, 9.17) is 16.3 Å². The first-order chi connectivity index (χ1) is 8.08. The number of carbonyl (C=O) groups excluding carboxylic acids is 1. The van der Waals surface area contributed by atoms with Crippen molar-refractivity contribution in [2.45, 2.75) is 25.7 Å². The van der Waals surface area contributed by atoms with E-state index < -0.39 is 12.4 Å². The van der Waals surface area contributed by atoms with Gasteiger partial charge in [-0.2, -0.15) is 0 Å². The Labute approximate surface area is 103 Å². The molecule has 0 spiro atoms. The minimum atomic E-state index is -2.60. The molecule has 1 aromatic heterocycles. The largest absolute Gasteiger partial charge is 0.466 e. The molecule has 0 N–H and O–H groups in total. The third kappa shape index (κ3) is 3.93. The number of aromatic nitrogens is 1. The van der Waals surface area contributed by atoms with Crippen LogP contribution in [0.2, 0.25) is 0 Å². The Kier molecular flexibility index (Phi) is 5.28. The Morgan fingerprint density at radius 1 is 1.59 bits per heavy atom. The number of halogens is 3. The maximum atomic E-state index is 12.4. The minimum absolute atomic E-state index is 0.0301. The van der Waals surface area contributed by atoms with Gasteiger partial charge >= 0.3 is 5.97 Å². The highest BCUT2D eigenvalue weighted by molar-refractivity contribution is 6.17. The summed E-state index contributed by atoms with van der Waals surface area (Å²) in [4.78, 5) is 15.1. The third-order valence-corrected chi connectivity index (χ3v) is 2.38. The van der Waals surface area contributed by atoms with Crippen LogP contribution in [0, 0.1) is 0 Å². The zero-order chi connectivity index (χ0) is 12.8. The van der Waals surface area contributed by atoms with Gasteiger partial charge in [0.2, 0.25) is 0 Å². The Bertz CT molecular complexity index is 399. The zero-order valence-corrected chi connectivity index (χ0v) is 10.0. The molecule has 1 heterocycles. The van der Waals surface area contributed by atoms with E-state index in [2.05, 4.69) is 4.98 Å². The lowest BCUT2D eigenvalue weighted by Crippen LogP contribution is -2.11. The number of pyridine rings is 1. The van der Waals surface area contributed by atoms with Crippen molar-refractivity contribution in [3.8, 4) is 0 Å². The van der Waals surface area contributed by atoms with Gasteiger partial charge in [0.1, 0.15) is 0 Å². The molecule has 6 heteroatoms. The van der Waals surface area contributed by atoms with E-state index in [0.29, 0.717) is 11.3 Å². The number of nitrogens with zero attached hydrogens (tertiary/aromatic N) is 1. The molecule has 0 aliphatic carbocycles. The molecule has 0 bridgehead atoms. The van der Waals surface area contributed by atoms with Crippen LogP contribution >= 0.6 is 11.6 Å². The van der Waals surface area contributed by atoms with Crippen LogP contribution in [-0.2, 0) is 21.8 Å². The monoisotopic (exact) mass is 263 g/mol. The van der Waals surface area contributed by atoms with Gasteiger partial charge in [0.15, 0.2) is 0 Å². The van der Waals surface area contributed by atoms with E-state index in [1.54, 1.807) is 6.92 Å². The fourth-order valence-electron chi connectivity index (χ4n) is 1.30. The number of carbonyl (C=O) groups is 1. The second-order valence-corrected chi connectivity index (χ2v) is 3.56. The number of hydrogen-bond donors (Lipinski definition) is 0. The van der Waals surface area contributed by atoms with Gasteiger partial charge in [0.05, 0.1) is 18.7 Å². The van der Waals surface area contributed by atoms with Crippen molar-refractivity contribution in [1.82, 2.24) is 4.98 Å². The first kappa shape index (κ1) is 13.8. The van der Waals surface area contributed by atoms with E-state index in [1.807, 2.05) is 0 Å². The lowest BCUT2D eigenvalue weighted by molar-refractivity contribution is -0.142. The van der Waals surface area contributed by atoms with Crippen molar-refractivity contribution in [2.24, 2.45) is 0 Å². The van der Waals surface area contributed by atoms with Crippen molar-refractivity contribution in [1.29, 1.82) is 0 Å². The van der Waals surface area contributed by atoms with Crippen LogP contribution in [0.25, 0.3) is 0 Å². The molecule has 3 nitrogen and oxygen atoms in total. The van der Waals surface area contributed by atoms with E-state index in [1.165, 1.54) is 6.07 Å². The molecule has 0 unspecified atom stereocenters. The molecule has 94 valence electrons. The lowest BCUT2D eigenvalue weighted by Gasteiger charge is -2.08. The fourth-order valence-corrected chi connectivity index (χ4v) is 1.53. The number of ether oxygens (including phenoxy) is 1. The SMILES string of the molecule is CCOC(=O)Cc1ncc(C(F)F)cc1CCl. The van der Waals surface area contributed by atoms with Gasteiger partial charge in [0, 0.05) is 17.6 Å². The highest BCUT2D eigenvalue weighted by Gasteiger charge is 2.14. The Balaban J connectivity index is 2.89. The van der Waals surface area contributed by atoms with Crippen LogP contribution in [-0.4, -0.2) is 17.6 Å². The average molecular weight is 264 g/mol. The highest BCUT2D eigenvalue weighted by Crippen LogP contribution is 2.21. The first-order valence-electron chi connectivity index (χ1n) is 5.05. The van der Waals surface area contributed by atoms with Gasteiger partial charge in [-0.15, -0.1) is 11.6 Å². The van der Waals surface area contributed by atoms with Crippen LogP contribution in [0.5, 0.6) is 0 Å². The van der Waals surface area contributed by atoms with Gasteiger partial charge in [-0.25, -0.2) is 8.78 Å². The quantitative estimate of drug-likeness (QED) is 0.606. The fraction of sp³-hybridized carbons (Fsp3) is 0.455. The maximum Gasteiger partial charge on any atom is 0.311 e. The Morgan fingerprint density at radius 3 is 2.82 bits per heavy atom. The van der Waals surface area contributed by atoms with Crippen LogP contribution in [0.15, 0.2) is 12.3 Å². The maximum absolute atomic E-state index is 12.4. The average Bonchev–Trinajstić information content (AvgIpc) is 2.29. The molecular weight excluding hydrogens is 252 g/mol. The molecule has 1 aromatic rings. The van der Waals surface area contributed by atoms with Gasteiger partial charge < -0.3 is 4.74 Å². The summed E-state index contributed by atoms with van der Waals surface area (Å²) >= 11 is 5.63. The number of rotatable bonds is 5. The highest BCUT2D eigenvalue weighted by atomic mass is 35.5. The second-order valence-electron chi connectivity index (χ2n) is 3.29. The molecule has 0 radical (unpaired) electrons. The van der Waals surface area contributed by atoms with Crippen LogP contribution in [0.1, 0.15) is 30.2 Å². The summed E-state index contributed by atoms with van der Waals surface area (Å²) in [5, 5.41) is 0. The topological polar surface area (TPSA) is 39.2 Å². The molecule has 0 saturated carbocycles. The summed E-state index contributed by atoms with van der Waals surface area (Å²) in [6.45, 7) is 1.96.